The lowest BCUT2D eigenvalue weighted by atomic mass is 9.78. The van der Waals surface area contributed by atoms with Gasteiger partial charge in [0.2, 0.25) is 0 Å². The molecule has 0 N–H and O–H groups in total. The van der Waals surface area contributed by atoms with Gasteiger partial charge < -0.3 is 9.30 Å². The molecule has 0 aliphatic rings. The van der Waals surface area contributed by atoms with Gasteiger partial charge in [-0.2, -0.15) is 0 Å². The molecule has 4 heteroatoms. The van der Waals surface area contributed by atoms with Crippen LogP contribution in [0.1, 0.15) is 158 Å². The highest BCUT2D eigenvalue weighted by atomic mass is 32.1. The first-order valence-corrected chi connectivity index (χ1v) is 35.5. The van der Waals surface area contributed by atoms with Crippen LogP contribution < -0.4 is 4.90 Å². The van der Waals surface area contributed by atoms with Gasteiger partial charge in [0.25, 0.3) is 0 Å². The Labute approximate surface area is 571 Å². The molecule has 5 aromatic heterocycles. The van der Waals surface area contributed by atoms with Crippen molar-refractivity contribution in [1.29, 1.82) is 0 Å². The minimum atomic E-state index is -0.0751. The molecular weight excluding hydrogens is 1180 g/mol. The van der Waals surface area contributed by atoms with E-state index in [0.717, 1.165) is 17.1 Å². The molecule has 3 nitrogen and oxygen atoms in total. The van der Waals surface area contributed by atoms with Gasteiger partial charge in [0.15, 0.2) is 0 Å². The van der Waals surface area contributed by atoms with Crippen LogP contribution in [-0.2, 0) is 32.5 Å². The number of para-hydroxylation sites is 2. The number of aromatic nitrogens is 2. The maximum atomic E-state index is 2.69. The maximum Gasteiger partial charge on any atom is 0.109 e. The molecule has 16 rings (SSSR count). The standard InChI is InChI=1S/C92H89N3S/c1-87(2,3)61-39-55(40-62(51-61)88(4,5)6)58-45-71(54-33-35-69(36-34-54)93(67-27-21-19-22-28-67)68-29-23-20-24-30-68)83-72(46-58)73-47-59(56-41-63(89(7,8)9)52-64(42-56)90(10,11)12)49-75-81-77(94(83)84(73)75)37-38-78-82(81)76-50-60(57-43-65(91(13,14)15)53-66(44-57)92(16,17)18)48-74-80-70-31-25-26-32-79(70)96-86(80)95(78)85(74)76/h19-53H,1-18H3. The predicted octanol–water partition coefficient (Wildman–Crippen LogP) is 27.1. The van der Waals surface area contributed by atoms with Crippen molar-refractivity contribution in [3.8, 4) is 44.5 Å². The molecule has 0 atom stereocenters. The number of fused-ring (bicyclic) bond motifs is 15. The molecule has 5 heterocycles. The van der Waals surface area contributed by atoms with Crippen LogP contribution in [0.15, 0.2) is 212 Å². The van der Waals surface area contributed by atoms with Crippen LogP contribution in [0.2, 0.25) is 0 Å². The topological polar surface area (TPSA) is 12.1 Å². The summed E-state index contributed by atoms with van der Waals surface area (Å²) in [7, 11) is 0. The summed E-state index contributed by atoms with van der Waals surface area (Å²) in [5.74, 6) is 0. The minimum absolute atomic E-state index is 0.0463. The number of thiophene rings is 1. The third-order valence-corrected chi connectivity index (χ3v) is 22.1. The second kappa shape index (κ2) is 21.1. The molecule has 478 valence electrons. The molecule has 0 saturated carbocycles. The van der Waals surface area contributed by atoms with Gasteiger partial charge in [-0.3, -0.25) is 4.40 Å². The summed E-state index contributed by atoms with van der Waals surface area (Å²) in [6.07, 6.45) is 0. The molecule has 11 aromatic carbocycles. The molecule has 0 fully saturated rings. The van der Waals surface area contributed by atoms with E-state index in [1.54, 1.807) is 0 Å². The summed E-state index contributed by atoms with van der Waals surface area (Å²) in [5.41, 5.74) is 27.2. The SMILES string of the molecule is CC(C)(C)c1cc(-c2cc(-c3ccc(N(c4ccccc4)c4ccccc4)cc3)c3c(c2)c2cc(-c4cc(C(C)(C)C)cc(C(C)(C)C)c4)cc4c5c6c7cc(-c8cc(C(C)(C)C)cc(C(C)(C)C)c8)cc8c9c%10ccccc%10sc9n(c6ccc5n3c24)c78)cc(C(C)(C)C)c1. The quantitative estimate of drug-likeness (QED) is 0.155. The zero-order chi connectivity index (χ0) is 67.2. The molecule has 0 bridgehead atoms. The Hall–Kier alpha value is -9.22. The zero-order valence-corrected chi connectivity index (χ0v) is 60.3. The van der Waals surface area contributed by atoms with Gasteiger partial charge in [-0.25, -0.2) is 0 Å². The van der Waals surface area contributed by atoms with E-state index in [0.29, 0.717) is 0 Å². The van der Waals surface area contributed by atoms with E-state index in [-0.39, 0.29) is 32.5 Å². The highest BCUT2D eigenvalue weighted by Crippen LogP contribution is 2.54. The largest absolute Gasteiger partial charge is 0.311 e. The van der Waals surface area contributed by atoms with Crippen LogP contribution in [0.3, 0.4) is 0 Å². The second-order valence-electron chi connectivity index (χ2n) is 34.0. The van der Waals surface area contributed by atoms with E-state index in [1.807, 2.05) is 11.3 Å². The summed E-state index contributed by atoms with van der Waals surface area (Å²) in [6, 6.07) is 82.7. The summed E-state index contributed by atoms with van der Waals surface area (Å²) < 4.78 is 6.66. The first-order chi connectivity index (χ1) is 45.4. The van der Waals surface area contributed by atoms with Gasteiger partial charge in [0, 0.05) is 75.8 Å². The van der Waals surface area contributed by atoms with E-state index >= 15 is 0 Å². The summed E-state index contributed by atoms with van der Waals surface area (Å²) >= 11 is 1.93. The Morgan fingerprint density at radius 3 is 1.02 bits per heavy atom. The van der Waals surface area contributed by atoms with Gasteiger partial charge in [-0.15, -0.1) is 11.3 Å². The first-order valence-electron chi connectivity index (χ1n) is 34.7. The highest BCUT2D eigenvalue weighted by molar-refractivity contribution is 7.25. The molecule has 0 unspecified atom stereocenters. The van der Waals surface area contributed by atoms with E-state index in [9.17, 15) is 0 Å². The monoisotopic (exact) mass is 1270 g/mol. The molecule has 16 aromatic rings. The number of anilines is 3. The molecule has 0 aliphatic carbocycles. The lowest BCUT2D eigenvalue weighted by Crippen LogP contribution is -2.16. The lowest BCUT2D eigenvalue weighted by Gasteiger charge is -2.26. The van der Waals surface area contributed by atoms with Crippen LogP contribution in [0.4, 0.5) is 17.1 Å². The number of hydrogen-bond donors (Lipinski definition) is 0. The van der Waals surface area contributed by atoms with Crippen molar-refractivity contribution in [2.45, 2.75) is 157 Å². The zero-order valence-electron chi connectivity index (χ0n) is 59.5. The van der Waals surface area contributed by atoms with Crippen LogP contribution in [0.25, 0.3) is 130 Å². The van der Waals surface area contributed by atoms with E-state index in [2.05, 4.69) is 351 Å². The first kappa shape index (κ1) is 61.6. The smallest absolute Gasteiger partial charge is 0.109 e. The minimum Gasteiger partial charge on any atom is -0.311 e. The molecule has 0 saturated heterocycles. The number of benzene rings is 11. The summed E-state index contributed by atoms with van der Waals surface area (Å²) in [4.78, 5) is 3.68. The van der Waals surface area contributed by atoms with Crippen molar-refractivity contribution in [3.05, 3.63) is 246 Å². The van der Waals surface area contributed by atoms with Crippen LogP contribution >= 0.6 is 11.3 Å². The highest BCUT2D eigenvalue weighted by Gasteiger charge is 2.32. The van der Waals surface area contributed by atoms with Crippen LogP contribution in [0, 0.1) is 0 Å². The van der Waals surface area contributed by atoms with Crippen molar-refractivity contribution in [3.63, 3.8) is 0 Å². The fraction of sp³-hybridized carbons (Fsp3) is 0.261. The predicted molar refractivity (Wildman–Crippen MR) is 420 cm³/mol. The normalized spacial score (nSPS) is 13.3. The van der Waals surface area contributed by atoms with Crippen molar-refractivity contribution < 1.29 is 0 Å². The van der Waals surface area contributed by atoms with Crippen molar-refractivity contribution >= 4 is 114 Å². The van der Waals surface area contributed by atoms with Crippen LogP contribution in [-0.4, -0.2) is 8.80 Å². The fourth-order valence-electron chi connectivity index (χ4n) is 15.3. The Bertz CT molecular complexity index is 5650. The fourth-order valence-corrected chi connectivity index (χ4v) is 16.6. The second-order valence-corrected chi connectivity index (χ2v) is 35.0. The van der Waals surface area contributed by atoms with E-state index < -0.39 is 0 Å². The van der Waals surface area contributed by atoms with E-state index in [1.165, 1.54) is 163 Å². The molecule has 0 amide bonds. The third-order valence-electron chi connectivity index (χ3n) is 21.0. The van der Waals surface area contributed by atoms with Crippen molar-refractivity contribution in [2.24, 2.45) is 0 Å². The lowest BCUT2D eigenvalue weighted by molar-refractivity contribution is 0.568. The number of hydrogen-bond acceptors (Lipinski definition) is 2. The molecule has 0 spiro atoms. The Kier molecular flexibility index (Phi) is 13.6. The Balaban J connectivity index is 1.08. The van der Waals surface area contributed by atoms with E-state index in [4.69, 9.17) is 0 Å². The van der Waals surface area contributed by atoms with Crippen molar-refractivity contribution in [2.75, 3.05) is 4.90 Å². The molecule has 96 heavy (non-hydrogen) atoms. The third kappa shape index (κ3) is 9.93. The summed E-state index contributed by atoms with van der Waals surface area (Å²) in [6.45, 7) is 42.5. The number of nitrogens with zero attached hydrogens (tertiary/aromatic N) is 3. The maximum absolute atomic E-state index is 2.69. The van der Waals surface area contributed by atoms with Gasteiger partial charge in [0.1, 0.15) is 4.83 Å². The van der Waals surface area contributed by atoms with Crippen LogP contribution in [0.5, 0.6) is 0 Å². The molecular formula is C92H89N3S. The van der Waals surface area contributed by atoms with Gasteiger partial charge in [-0.1, -0.05) is 246 Å². The van der Waals surface area contributed by atoms with Gasteiger partial charge in [0.05, 0.1) is 27.6 Å². The Morgan fingerprint density at radius 2 is 0.594 bits per heavy atom. The van der Waals surface area contributed by atoms with Gasteiger partial charge in [-0.05, 0) is 196 Å². The average molecular weight is 1270 g/mol. The molecule has 0 radical (unpaired) electrons. The summed E-state index contributed by atoms with van der Waals surface area (Å²) in [5, 5.41) is 11.7. The Morgan fingerprint density at radius 1 is 0.260 bits per heavy atom. The average Bonchev–Trinajstić information content (AvgIpc) is 1.50. The van der Waals surface area contributed by atoms with Crippen molar-refractivity contribution in [1.82, 2.24) is 8.80 Å². The molecule has 0 aliphatic heterocycles. The van der Waals surface area contributed by atoms with Gasteiger partial charge >= 0.3 is 0 Å². The number of rotatable bonds is 7.